The van der Waals surface area contributed by atoms with E-state index in [1.807, 2.05) is 60.7 Å². The van der Waals surface area contributed by atoms with Gasteiger partial charge in [0.1, 0.15) is 0 Å². The smallest absolute Gasteiger partial charge is 0.312 e. The molecule has 0 aliphatic carbocycles. The van der Waals surface area contributed by atoms with Gasteiger partial charge in [-0.1, -0.05) is 48.5 Å². The van der Waals surface area contributed by atoms with Crippen LogP contribution in [0, 0.1) is 5.92 Å². The highest BCUT2D eigenvalue weighted by Crippen LogP contribution is 2.29. The van der Waals surface area contributed by atoms with E-state index in [1.54, 1.807) is 18.7 Å². The quantitative estimate of drug-likeness (QED) is 0.625. The summed E-state index contributed by atoms with van der Waals surface area (Å²) < 4.78 is 5.12. The molecule has 0 aromatic heterocycles. The maximum Gasteiger partial charge on any atom is 0.312 e. The van der Waals surface area contributed by atoms with Gasteiger partial charge in [-0.05, 0) is 24.6 Å². The molecule has 4 heteroatoms. The van der Waals surface area contributed by atoms with Crippen molar-refractivity contribution in [1.29, 1.82) is 0 Å². The molecule has 0 unspecified atom stereocenters. The molecule has 0 saturated heterocycles. The number of aliphatic hydroxyl groups excluding tert-OH is 1. The zero-order valence-corrected chi connectivity index (χ0v) is 13.3. The third-order valence-corrected chi connectivity index (χ3v) is 4.42. The molecule has 2 atom stereocenters. The fraction of sp³-hybridized carbons (Fsp3) is 0.278. The van der Waals surface area contributed by atoms with Gasteiger partial charge in [0.05, 0.1) is 18.6 Å². The first-order valence-electron chi connectivity index (χ1n) is 7.30. The number of rotatable bonds is 7. The van der Waals surface area contributed by atoms with Crippen LogP contribution in [0.25, 0.3) is 0 Å². The van der Waals surface area contributed by atoms with Crippen LogP contribution in [0.3, 0.4) is 0 Å². The van der Waals surface area contributed by atoms with Crippen LogP contribution >= 0.6 is 11.8 Å². The lowest BCUT2D eigenvalue weighted by Crippen LogP contribution is -2.26. The monoisotopic (exact) mass is 316 g/mol. The van der Waals surface area contributed by atoms with Crippen molar-refractivity contribution in [3.05, 3.63) is 66.2 Å². The lowest BCUT2D eigenvalue weighted by molar-refractivity contribution is -0.151. The van der Waals surface area contributed by atoms with Crippen LogP contribution in [0.2, 0.25) is 0 Å². The maximum atomic E-state index is 12.2. The average Bonchev–Trinajstić information content (AvgIpc) is 2.57. The van der Waals surface area contributed by atoms with Gasteiger partial charge >= 0.3 is 5.97 Å². The summed E-state index contributed by atoms with van der Waals surface area (Å²) in [6.07, 6.45) is -0.864. The molecule has 0 saturated carbocycles. The Kier molecular flexibility index (Phi) is 6.49. The van der Waals surface area contributed by atoms with Crippen LogP contribution in [-0.2, 0) is 9.53 Å². The van der Waals surface area contributed by atoms with E-state index in [4.69, 9.17) is 4.74 Å². The largest absolute Gasteiger partial charge is 0.466 e. The van der Waals surface area contributed by atoms with E-state index >= 15 is 0 Å². The van der Waals surface area contributed by atoms with Crippen LogP contribution in [0.1, 0.15) is 18.6 Å². The minimum atomic E-state index is -0.864. The molecule has 1 N–H and O–H groups in total. The number of esters is 1. The second-order valence-corrected chi connectivity index (χ2v) is 5.93. The van der Waals surface area contributed by atoms with Crippen LogP contribution in [0.15, 0.2) is 65.6 Å². The number of carbonyl (C=O) groups excluding carboxylic acids is 1. The summed E-state index contributed by atoms with van der Waals surface area (Å²) in [5.74, 6) is -0.478. The fourth-order valence-electron chi connectivity index (χ4n) is 2.12. The first-order chi connectivity index (χ1) is 10.7. The summed E-state index contributed by atoms with van der Waals surface area (Å²) in [4.78, 5) is 13.3. The van der Waals surface area contributed by atoms with Crippen LogP contribution in [-0.4, -0.2) is 23.4 Å². The molecular weight excluding hydrogens is 296 g/mol. The molecule has 2 aromatic rings. The van der Waals surface area contributed by atoms with Crippen LogP contribution in [0.5, 0.6) is 0 Å². The molecule has 2 aromatic carbocycles. The highest BCUT2D eigenvalue weighted by atomic mass is 32.2. The van der Waals surface area contributed by atoms with Gasteiger partial charge in [0.15, 0.2) is 0 Å². The van der Waals surface area contributed by atoms with Gasteiger partial charge in [0.2, 0.25) is 0 Å². The molecule has 0 fully saturated rings. The molecule has 0 radical (unpaired) electrons. The van der Waals surface area contributed by atoms with E-state index in [0.29, 0.717) is 12.4 Å². The first kappa shape index (κ1) is 16.6. The van der Waals surface area contributed by atoms with Crippen molar-refractivity contribution in [2.45, 2.75) is 17.9 Å². The Bertz CT molecular complexity index is 571. The Morgan fingerprint density at radius 1 is 1.09 bits per heavy atom. The Morgan fingerprint density at radius 2 is 1.68 bits per heavy atom. The predicted molar refractivity (Wildman–Crippen MR) is 88.7 cm³/mol. The number of benzene rings is 2. The highest BCUT2D eigenvalue weighted by Gasteiger charge is 2.29. The molecule has 0 heterocycles. The zero-order chi connectivity index (χ0) is 15.8. The summed E-state index contributed by atoms with van der Waals surface area (Å²) in [5, 5.41) is 10.5. The van der Waals surface area contributed by atoms with Gasteiger partial charge in [0, 0.05) is 10.6 Å². The average molecular weight is 316 g/mol. The van der Waals surface area contributed by atoms with Gasteiger partial charge in [-0.2, -0.15) is 0 Å². The zero-order valence-electron chi connectivity index (χ0n) is 12.5. The van der Waals surface area contributed by atoms with Crippen molar-refractivity contribution >= 4 is 17.7 Å². The molecular formula is C18H20O3S. The van der Waals surface area contributed by atoms with Crippen molar-refractivity contribution in [3.63, 3.8) is 0 Å². The summed E-state index contributed by atoms with van der Waals surface area (Å²) in [6.45, 7) is 2.08. The lowest BCUT2D eigenvalue weighted by atomic mass is 9.97. The van der Waals surface area contributed by atoms with Gasteiger partial charge in [-0.3, -0.25) is 4.79 Å². The summed E-state index contributed by atoms with van der Waals surface area (Å²) in [5.41, 5.74) is 0.731. The third kappa shape index (κ3) is 4.61. The van der Waals surface area contributed by atoms with E-state index < -0.39 is 12.0 Å². The molecule has 0 amide bonds. The first-order valence-corrected chi connectivity index (χ1v) is 8.28. The van der Waals surface area contributed by atoms with Gasteiger partial charge < -0.3 is 9.84 Å². The van der Waals surface area contributed by atoms with Crippen LogP contribution < -0.4 is 0 Å². The molecule has 3 nitrogen and oxygen atoms in total. The Morgan fingerprint density at radius 3 is 2.27 bits per heavy atom. The number of aliphatic hydroxyl groups is 1. The van der Waals surface area contributed by atoms with Crippen molar-refractivity contribution in [1.82, 2.24) is 0 Å². The van der Waals surface area contributed by atoms with Crippen LogP contribution in [0.4, 0.5) is 0 Å². The second-order valence-electron chi connectivity index (χ2n) is 4.84. The lowest BCUT2D eigenvalue weighted by Gasteiger charge is -2.21. The van der Waals surface area contributed by atoms with E-state index in [-0.39, 0.29) is 5.97 Å². The van der Waals surface area contributed by atoms with E-state index in [0.717, 1.165) is 10.5 Å². The fourth-order valence-corrected chi connectivity index (χ4v) is 3.16. The normalized spacial score (nSPS) is 13.4. The molecule has 2 rings (SSSR count). The molecule has 116 valence electrons. The molecule has 0 bridgehead atoms. The Balaban J connectivity index is 2.10. The van der Waals surface area contributed by atoms with Gasteiger partial charge in [-0.25, -0.2) is 0 Å². The summed E-state index contributed by atoms with van der Waals surface area (Å²) >= 11 is 1.54. The SMILES string of the molecule is CCOC(=O)[C@@H](CSc1ccccc1)[C@@H](O)c1ccccc1. The predicted octanol–water partition coefficient (Wildman–Crippen LogP) is 3.69. The highest BCUT2D eigenvalue weighted by molar-refractivity contribution is 7.99. The van der Waals surface area contributed by atoms with E-state index in [2.05, 4.69) is 0 Å². The maximum absolute atomic E-state index is 12.2. The number of hydrogen-bond donors (Lipinski definition) is 1. The van der Waals surface area contributed by atoms with Crippen molar-refractivity contribution in [2.24, 2.45) is 5.92 Å². The Labute approximate surface area is 135 Å². The van der Waals surface area contributed by atoms with E-state index in [1.165, 1.54) is 0 Å². The topological polar surface area (TPSA) is 46.5 Å². The second kappa shape index (κ2) is 8.61. The summed E-state index contributed by atoms with van der Waals surface area (Å²) in [7, 11) is 0. The molecule has 22 heavy (non-hydrogen) atoms. The minimum Gasteiger partial charge on any atom is -0.466 e. The molecule has 0 aliphatic rings. The molecule has 0 spiro atoms. The third-order valence-electron chi connectivity index (χ3n) is 3.28. The van der Waals surface area contributed by atoms with Gasteiger partial charge in [0.25, 0.3) is 0 Å². The van der Waals surface area contributed by atoms with Crippen molar-refractivity contribution < 1.29 is 14.6 Å². The number of thioether (sulfide) groups is 1. The van der Waals surface area contributed by atoms with Gasteiger partial charge in [-0.15, -0.1) is 11.8 Å². The van der Waals surface area contributed by atoms with Crippen molar-refractivity contribution in [3.8, 4) is 0 Å². The number of hydrogen-bond acceptors (Lipinski definition) is 4. The number of ether oxygens (including phenoxy) is 1. The Hall–Kier alpha value is -1.78. The van der Waals surface area contributed by atoms with E-state index in [9.17, 15) is 9.90 Å². The summed E-state index contributed by atoms with van der Waals surface area (Å²) in [6, 6.07) is 19.1. The molecule has 0 aliphatic heterocycles. The standard InChI is InChI=1S/C18H20O3S/c1-2-21-18(20)16(13-22-15-11-7-4-8-12-15)17(19)14-9-5-3-6-10-14/h3-12,16-17,19H,2,13H2,1H3/t16-,17-/m0/s1. The minimum absolute atomic E-state index is 0.312. The van der Waals surface area contributed by atoms with Crippen molar-refractivity contribution in [2.75, 3.05) is 12.4 Å². The number of carbonyl (C=O) groups is 1.